The zero-order valence-corrected chi connectivity index (χ0v) is 19.8. The maximum atomic E-state index is 13.0. The molecular formula is C24H28F3N3O3S. The summed E-state index contributed by atoms with van der Waals surface area (Å²) < 4.78 is 67.6. The number of alkyl halides is 3. The quantitative estimate of drug-likeness (QED) is 0.656. The fraction of sp³-hybridized carbons (Fsp3) is 0.458. The van der Waals surface area contributed by atoms with Crippen molar-refractivity contribution in [2.75, 3.05) is 24.5 Å². The number of carbonyl (C=O) groups is 1. The van der Waals surface area contributed by atoms with Gasteiger partial charge in [-0.05, 0) is 61.6 Å². The van der Waals surface area contributed by atoms with E-state index in [1.165, 1.54) is 6.07 Å². The molecule has 0 unspecified atom stereocenters. The van der Waals surface area contributed by atoms with Crippen LogP contribution in [-0.2, 0) is 27.5 Å². The number of amides is 1. The third-order valence-corrected chi connectivity index (χ3v) is 8.08. The minimum Gasteiger partial charge on any atom is -0.312 e. The Kier molecular flexibility index (Phi) is 7.02. The normalized spacial score (nSPS) is 18.6. The van der Waals surface area contributed by atoms with Crippen LogP contribution in [0, 0.1) is 6.92 Å². The first-order valence-electron chi connectivity index (χ1n) is 11.3. The average molecular weight is 496 g/mol. The molecule has 2 aromatic carbocycles. The number of rotatable bonds is 6. The topological polar surface area (TPSA) is 69.7 Å². The number of likely N-dealkylation sites (tertiary alicyclic amines) is 1. The largest absolute Gasteiger partial charge is 0.416 e. The highest BCUT2D eigenvalue weighted by Gasteiger charge is 2.31. The van der Waals surface area contributed by atoms with Gasteiger partial charge in [-0.3, -0.25) is 9.69 Å². The molecule has 2 fully saturated rings. The van der Waals surface area contributed by atoms with Crippen molar-refractivity contribution in [1.82, 2.24) is 9.62 Å². The van der Waals surface area contributed by atoms with E-state index in [0.29, 0.717) is 62.3 Å². The smallest absolute Gasteiger partial charge is 0.312 e. The number of nitrogens with zero attached hydrogens (tertiary/aromatic N) is 2. The van der Waals surface area contributed by atoms with Crippen LogP contribution >= 0.6 is 0 Å². The van der Waals surface area contributed by atoms with Crippen LogP contribution in [0.3, 0.4) is 0 Å². The van der Waals surface area contributed by atoms with Crippen LogP contribution in [0.1, 0.15) is 42.4 Å². The van der Waals surface area contributed by atoms with Gasteiger partial charge in [0.2, 0.25) is 15.9 Å². The van der Waals surface area contributed by atoms with E-state index in [0.717, 1.165) is 18.6 Å². The first-order chi connectivity index (χ1) is 16.0. The Morgan fingerprint density at radius 2 is 1.79 bits per heavy atom. The number of hydrogen-bond acceptors (Lipinski definition) is 4. The molecule has 1 N–H and O–H groups in total. The number of carbonyl (C=O) groups excluding carboxylic acids is 1. The molecule has 0 radical (unpaired) electrons. The van der Waals surface area contributed by atoms with E-state index < -0.39 is 21.8 Å². The van der Waals surface area contributed by atoms with Crippen molar-refractivity contribution in [1.29, 1.82) is 0 Å². The van der Waals surface area contributed by atoms with Crippen LogP contribution in [0.25, 0.3) is 0 Å². The second-order valence-electron chi connectivity index (χ2n) is 8.97. The molecule has 2 heterocycles. The molecule has 34 heavy (non-hydrogen) atoms. The first kappa shape index (κ1) is 24.7. The van der Waals surface area contributed by atoms with Crippen LogP contribution in [0.4, 0.5) is 18.9 Å². The van der Waals surface area contributed by atoms with Gasteiger partial charge in [0.1, 0.15) is 0 Å². The highest BCUT2D eigenvalue weighted by atomic mass is 32.2. The Labute approximate surface area is 197 Å². The number of benzene rings is 2. The third-order valence-electron chi connectivity index (χ3n) is 6.40. The number of nitrogens with one attached hydrogen (secondary N) is 1. The summed E-state index contributed by atoms with van der Waals surface area (Å²) in [5.74, 6) is 0.0463. The van der Waals surface area contributed by atoms with E-state index in [1.807, 2.05) is 4.90 Å². The summed E-state index contributed by atoms with van der Waals surface area (Å²) in [6, 6.07) is 10.00. The van der Waals surface area contributed by atoms with Crippen molar-refractivity contribution in [2.24, 2.45) is 0 Å². The molecule has 1 amide bonds. The monoisotopic (exact) mass is 495 g/mol. The fourth-order valence-electron chi connectivity index (χ4n) is 4.62. The Bertz CT molecular complexity index is 1160. The minimum absolute atomic E-state index is 0.0463. The molecule has 4 rings (SSSR count). The molecular weight excluding hydrogens is 467 g/mol. The lowest BCUT2D eigenvalue weighted by atomic mass is 10.0. The van der Waals surface area contributed by atoms with Crippen molar-refractivity contribution in [3.05, 3.63) is 59.2 Å². The van der Waals surface area contributed by atoms with Crippen molar-refractivity contribution in [2.45, 2.75) is 56.3 Å². The second kappa shape index (κ2) is 9.67. The van der Waals surface area contributed by atoms with Gasteiger partial charge in [-0.2, -0.15) is 13.2 Å². The zero-order chi connectivity index (χ0) is 24.5. The second-order valence-corrected chi connectivity index (χ2v) is 10.7. The predicted molar refractivity (Wildman–Crippen MR) is 123 cm³/mol. The van der Waals surface area contributed by atoms with Gasteiger partial charge in [-0.25, -0.2) is 13.1 Å². The first-order valence-corrected chi connectivity index (χ1v) is 12.8. The van der Waals surface area contributed by atoms with Gasteiger partial charge in [0, 0.05) is 44.3 Å². The lowest BCUT2D eigenvalue weighted by Crippen LogP contribution is -2.44. The van der Waals surface area contributed by atoms with Gasteiger partial charge in [0.25, 0.3) is 0 Å². The lowest BCUT2D eigenvalue weighted by Gasteiger charge is -2.32. The molecule has 0 aliphatic carbocycles. The molecule has 0 atom stereocenters. The number of aryl methyl sites for hydroxylation is 1. The molecule has 2 aliphatic heterocycles. The predicted octanol–water partition coefficient (Wildman–Crippen LogP) is 4.08. The highest BCUT2D eigenvalue weighted by molar-refractivity contribution is 7.89. The van der Waals surface area contributed by atoms with Crippen molar-refractivity contribution >= 4 is 21.6 Å². The van der Waals surface area contributed by atoms with Gasteiger partial charge in [-0.1, -0.05) is 18.2 Å². The molecule has 0 bridgehead atoms. The number of halogens is 3. The summed E-state index contributed by atoms with van der Waals surface area (Å²) in [4.78, 5) is 15.9. The van der Waals surface area contributed by atoms with E-state index >= 15 is 0 Å². The van der Waals surface area contributed by atoms with Gasteiger partial charge in [-0.15, -0.1) is 0 Å². The van der Waals surface area contributed by atoms with Crippen LogP contribution in [-0.4, -0.2) is 44.9 Å². The van der Waals surface area contributed by atoms with Gasteiger partial charge in [0.15, 0.2) is 0 Å². The van der Waals surface area contributed by atoms with Crippen LogP contribution in [0.15, 0.2) is 47.4 Å². The maximum Gasteiger partial charge on any atom is 0.416 e. The fourth-order valence-corrected chi connectivity index (χ4v) is 6.15. The molecule has 0 aromatic heterocycles. The van der Waals surface area contributed by atoms with Crippen molar-refractivity contribution in [3.63, 3.8) is 0 Å². The standard InChI is InChI=1S/C24H28F3N3O3S/c1-17-14-21(30-11-3-6-23(30)31)7-8-22(17)34(32,33)28-20-9-12-29(13-10-20)16-18-4-2-5-19(15-18)24(25,26)27/h2,4-5,7-8,14-15,20,28H,3,6,9-13,16H2,1H3. The van der Waals surface area contributed by atoms with Gasteiger partial charge >= 0.3 is 6.18 Å². The third kappa shape index (κ3) is 5.61. The van der Waals surface area contributed by atoms with Crippen LogP contribution in [0.2, 0.25) is 0 Å². The maximum absolute atomic E-state index is 13.0. The number of hydrogen-bond donors (Lipinski definition) is 1. The number of piperidine rings is 1. The van der Waals surface area contributed by atoms with E-state index in [9.17, 15) is 26.4 Å². The number of sulfonamides is 1. The average Bonchev–Trinajstić information content (AvgIpc) is 3.20. The number of anilines is 1. The van der Waals surface area contributed by atoms with E-state index in [4.69, 9.17) is 0 Å². The minimum atomic E-state index is -4.37. The summed E-state index contributed by atoms with van der Waals surface area (Å²) in [6.07, 6.45) is -1.93. The molecule has 2 aliphatic rings. The Morgan fingerprint density at radius 1 is 1.06 bits per heavy atom. The summed E-state index contributed by atoms with van der Waals surface area (Å²) in [5.41, 5.74) is 1.21. The highest BCUT2D eigenvalue weighted by Crippen LogP contribution is 2.30. The Balaban J connectivity index is 1.35. The van der Waals surface area contributed by atoms with Crippen LogP contribution in [0.5, 0.6) is 0 Å². The van der Waals surface area contributed by atoms with Crippen LogP contribution < -0.4 is 9.62 Å². The summed E-state index contributed by atoms with van der Waals surface area (Å²) >= 11 is 0. The zero-order valence-electron chi connectivity index (χ0n) is 18.9. The molecule has 6 nitrogen and oxygen atoms in total. The van der Waals surface area contributed by atoms with Gasteiger partial charge in [0.05, 0.1) is 10.5 Å². The van der Waals surface area contributed by atoms with E-state index in [2.05, 4.69) is 4.72 Å². The summed E-state index contributed by atoms with van der Waals surface area (Å²) in [6.45, 7) is 3.91. The SMILES string of the molecule is Cc1cc(N2CCCC2=O)ccc1S(=O)(=O)NC1CCN(Cc2cccc(C(F)(F)F)c2)CC1. The molecule has 0 saturated carbocycles. The lowest BCUT2D eigenvalue weighted by molar-refractivity contribution is -0.137. The Hall–Kier alpha value is -2.43. The molecule has 184 valence electrons. The van der Waals surface area contributed by atoms with Gasteiger partial charge < -0.3 is 4.90 Å². The molecule has 2 aromatic rings. The summed E-state index contributed by atoms with van der Waals surface area (Å²) in [5, 5.41) is 0. The van der Waals surface area contributed by atoms with E-state index in [-0.39, 0.29) is 16.8 Å². The molecule has 10 heteroatoms. The molecule has 0 spiro atoms. The van der Waals surface area contributed by atoms with Crippen molar-refractivity contribution < 1.29 is 26.4 Å². The Morgan fingerprint density at radius 3 is 2.41 bits per heavy atom. The van der Waals surface area contributed by atoms with Crippen molar-refractivity contribution in [3.8, 4) is 0 Å². The molecule has 2 saturated heterocycles. The van der Waals surface area contributed by atoms with E-state index in [1.54, 1.807) is 36.1 Å². The summed E-state index contributed by atoms with van der Waals surface area (Å²) in [7, 11) is -3.74.